The highest BCUT2D eigenvalue weighted by molar-refractivity contribution is 9.10. The molecule has 1 aromatic heterocycles. The molecule has 2 aromatic rings. The molecule has 0 radical (unpaired) electrons. The van der Waals surface area contributed by atoms with Crippen LogP contribution in [0.3, 0.4) is 0 Å². The van der Waals surface area contributed by atoms with Crippen molar-refractivity contribution in [1.82, 2.24) is 4.57 Å². The second kappa shape index (κ2) is 5.41. The first-order valence-electron chi connectivity index (χ1n) is 6.52. The number of aromatic nitrogens is 1. The van der Waals surface area contributed by atoms with Gasteiger partial charge in [-0.3, -0.25) is 0 Å². The Hall–Kier alpha value is -1.22. The van der Waals surface area contributed by atoms with Crippen LogP contribution in [0, 0.1) is 27.7 Å². The molecular weight excluding hydrogens is 300 g/mol. The van der Waals surface area contributed by atoms with Gasteiger partial charge in [0.25, 0.3) is 0 Å². The van der Waals surface area contributed by atoms with Crippen LogP contribution >= 0.6 is 15.9 Å². The van der Waals surface area contributed by atoms with E-state index < -0.39 is 0 Å². The fourth-order valence-electron chi connectivity index (χ4n) is 2.44. The molecule has 0 spiro atoms. The first-order valence-corrected chi connectivity index (χ1v) is 7.32. The highest BCUT2D eigenvalue weighted by atomic mass is 79.9. The summed E-state index contributed by atoms with van der Waals surface area (Å²) in [6.45, 7) is 9.43. The molecule has 0 aliphatic rings. The van der Waals surface area contributed by atoms with Crippen molar-refractivity contribution in [2.45, 2.75) is 34.2 Å². The number of benzene rings is 1. The quantitative estimate of drug-likeness (QED) is 0.872. The van der Waals surface area contributed by atoms with E-state index in [9.17, 15) is 0 Å². The van der Waals surface area contributed by atoms with E-state index >= 15 is 0 Å². The predicted molar refractivity (Wildman–Crippen MR) is 85.8 cm³/mol. The van der Waals surface area contributed by atoms with Gasteiger partial charge in [-0.05, 0) is 72.4 Å². The zero-order chi connectivity index (χ0) is 14.2. The van der Waals surface area contributed by atoms with Gasteiger partial charge < -0.3 is 9.88 Å². The molecule has 0 fully saturated rings. The van der Waals surface area contributed by atoms with E-state index in [2.05, 4.69) is 78.8 Å². The summed E-state index contributed by atoms with van der Waals surface area (Å²) < 4.78 is 3.36. The Balaban J connectivity index is 2.21. The summed E-state index contributed by atoms with van der Waals surface area (Å²) in [4.78, 5) is 0. The highest BCUT2D eigenvalue weighted by Gasteiger charge is 2.08. The number of nitrogens with zero attached hydrogens (tertiary/aromatic N) is 1. The summed E-state index contributed by atoms with van der Waals surface area (Å²) in [6, 6.07) is 6.61. The van der Waals surface area contributed by atoms with Crippen LogP contribution in [0.1, 0.15) is 28.1 Å². The summed E-state index contributed by atoms with van der Waals surface area (Å²) in [7, 11) is 2.11. The third kappa shape index (κ3) is 2.86. The minimum Gasteiger partial charge on any atom is -0.380 e. The van der Waals surface area contributed by atoms with E-state index in [4.69, 9.17) is 0 Å². The monoisotopic (exact) mass is 320 g/mol. The molecule has 0 saturated heterocycles. The molecule has 1 aromatic carbocycles. The fourth-order valence-corrected chi connectivity index (χ4v) is 3.25. The van der Waals surface area contributed by atoms with E-state index in [-0.39, 0.29) is 0 Å². The maximum absolute atomic E-state index is 3.64. The van der Waals surface area contributed by atoms with Crippen molar-refractivity contribution in [2.75, 3.05) is 5.32 Å². The Morgan fingerprint density at radius 1 is 1.11 bits per heavy atom. The average Bonchev–Trinajstić information content (AvgIpc) is 2.55. The van der Waals surface area contributed by atoms with Crippen molar-refractivity contribution in [2.24, 2.45) is 7.05 Å². The molecule has 2 nitrogen and oxygen atoms in total. The molecular formula is C16H21BrN2. The Morgan fingerprint density at radius 3 is 2.32 bits per heavy atom. The molecule has 0 bridgehead atoms. The van der Waals surface area contributed by atoms with Gasteiger partial charge >= 0.3 is 0 Å². The van der Waals surface area contributed by atoms with Crippen LogP contribution in [0.2, 0.25) is 0 Å². The lowest BCUT2D eigenvalue weighted by Gasteiger charge is -2.13. The number of aryl methyl sites for hydroxylation is 3. The van der Waals surface area contributed by atoms with Crippen molar-refractivity contribution in [1.29, 1.82) is 0 Å². The Morgan fingerprint density at radius 2 is 1.79 bits per heavy atom. The predicted octanol–water partition coefficient (Wildman–Crippen LogP) is 4.63. The SMILES string of the molecule is Cc1cc(C)c(NCc2cc(C)n(C)c2C)c(Br)c1. The number of nitrogens with one attached hydrogen (secondary N) is 1. The number of hydrogen-bond acceptors (Lipinski definition) is 1. The van der Waals surface area contributed by atoms with E-state index in [1.165, 1.54) is 33.8 Å². The van der Waals surface area contributed by atoms with Gasteiger partial charge in [0.15, 0.2) is 0 Å². The maximum Gasteiger partial charge on any atom is 0.0517 e. The minimum atomic E-state index is 0.857. The number of hydrogen-bond donors (Lipinski definition) is 1. The maximum atomic E-state index is 3.64. The van der Waals surface area contributed by atoms with E-state index in [1.807, 2.05) is 0 Å². The second-order valence-electron chi connectivity index (χ2n) is 5.25. The van der Waals surface area contributed by atoms with Crippen LogP contribution < -0.4 is 5.32 Å². The lowest BCUT2D eigenvalue weighted by atomic mass is 10.1. The van der Waals surface area contributed by atoms with Crippen molar-refractivity contribution < 1.29 is 0 Å². The highest BCUT2D eigenvalue weighted by Crippen LogP contribution is 2.28. The van der Waals surface area contributed by atoms with Crippen molar-refractivity contribution >= 4 is 21.6 Å². The second-order valence-corrected chi connectivity index (χ2v) is 6.10. The lowest BCUT2D eigenvalue weighted by molar-refractivity contribution is 0.837. The lowest BCUT2D eigenvalue weighted by Crippen LogP contribution is -2.03. The van der Waals surface area contributed by atoms with Crippen molar-refractivity contribution in [3.8, 4) is 0 Å². The number of anilines is 1. The first kappa shape index (κ1) is 14.2. The van der Waals surface area contributed by atoms with Crippen molar-refractivity contribution in [3.05, 3.63) is 50.8 Å². The number of rotatable bonds is 3. The van der Waals surface area contributed by atoms with Gasteiger partial charge in [0, 0.05) is 29.5 Å². The standard InChI is InChI=1S/C16H21BrN2/c1-10-6-11(2)16(15(17)7-10)18-9-14-8-12(3)19(5)13(14)4/h6-8,18H,9H2,1-5H3. The fraction of sp³-hybridized carbons (Fsp3) is 0.375. The average molecular weight is 321 g/mol. The topological polar surface area (TPSA) is 17.0 Å². The number of halogens is 1. The molecule has 19 heavy (non-hydrogen) atoms. The van der Waals surface area contributed by atoms with Gasteiger partial charge in [-0.2, -0.15) is 0 Å². The zero-order valence-corrected chi connectivity index (χ0v) is 13.9. The van der Waals surface area contributed by atoms with Crippen LogP contribution in [0.25, 0.3) is 0 Å². The third-order valence-electron chi connectivity index (χ3n) is 3.77. The molecule has 1 N–H and O–H groups in total. The van der Waals surface area contributed by atoms with E-state index in [0.29, 0.717) is 0 Å². The minimum absolute atomic E-state index is 0.857. The van der Waals surface area contributed by atoms with Gasteiger partial charge in [0.2, 0.25) is 0 Å². The summed E-state index contributed by atoms with van der Waals surface area (Å²) in [6.07, 6.45) is 0. The Kier molecular flexibility index (Phi) is 4.04. The Labute approximate surface area is 124 Å². The molecule has 0 aliphatic heterocycles. The molecule has 1 heterocycles. The van der Waals surface area contributed by atoms with Gasteiger partial charge in [0.1, 0.15) is 0 Å². The van der Waals surface area contributed by atoms with Gasteiger partial charge in [-0.25, -0.2) is 0 Å². The van der Waals surface area contributed by atoms with E-state index in [0.717, 1.165) is 11.0 Å². The van der Waals surface area contributed by atoms with Crippen molar-refractivity contribution in [3.63, 3.8) is 0 Å². The largest absolute Gasteiger partial charge is 0.380 e. The molecule has 0 unspecified atom stereocenters. The molecule has 102 valence electrons. The molecule has 0 amide bonds. The Bertz CT molecular complexity index is 588. The van der Waals surface area contributed by atoms with Gasteiger partial charge in [0.05, 0.1) is 5.69 Å². The van der Waals surface area contributed by atoms with E-state index in [1.54, 1.807) is 0 Å². The summed E-state index contributed by atoms with van der Waals surface area (Å²) in [5, 5.41) is 3.55. The molecule has 0 atom stereocenters. The summed E-state index contributed by atoms with van der Waals surface area (Å²) >= 11 is 3.64. The van der Waals surface area contributed by atoms with Crippen LogP contribution in [-0.4, -0.2) is 4.57 Å². The summed E-state index contributed by atoms with van der Waals surface area (Å²) in [5.74, 6) is 0. The van der Waals surface area contributed by atoms with Gasteiger partial charge in [-0.1, -0.05) is 6.07 Å². The van der Waals surface area contributed by atoms with Crippen LogP contribution in [0.15, 0.2) is 22.7 Å². The van der Waals surface area contributed by atoms with Crippen LogP contribution in [-0.2, 0) is 13.6 Å². The third-order valence-corrected chi connectivity index (χ3v) is 4.39. The van der Waals surface area contributed by atoms with Crippen LogP contribution in [0.4, 0.5) is 5.69 Å². The molecule has 0 saturated carbocycles. The smallest absolute Gasteiger partial charge is 0.0517 e. The van der Waals surface area contributed by atoms with Gasteiger partial charge in [-0.15, -0.1) is 0 Å². The molecule has 3 heteroatoms. The zero-order valence-electron chi connectivity index (χ0n) is 12.3. The molecule has 2 rings (SSSR count). The summed E-state index contributed by atoms with van der Waals surface area (Å²) in [5.41, 5.74) is 7.72. The van der Waals surface area contributed by atoms with Crippen LogP contribution in [0.5, 0.6) is 0 Å². The molecule has 0 aliphatic carbocycles. The normalized spacial score (nSPS) is 10.8. The first-order chi connectivity index (χ1) is 8.90.